The molecule has 0 saturated carbocycles. The Morgan fingerprint density at radius 3 is 2.63 bits per heavy atom. The molecular weight excluding hydrogens is 257 g/mol. The average molecular weight is 268 g/mol. The van der Waals surface area contributed by atoms with Crippen molar-refractivity contribution in [1.29, 1.82) is 0 Å². The summed E-state index contributed by atoms with van der Waals surface area (Å²) in [5, 5.41) is 0. The van der Waals surface area contributed by atoms with Crippen LogP contribution in [0.25, 0.3) is 0 Å². The SMILES string of the molecule is Cc1cc(=O)[nH]c(Cc2cccc(C(F)(F)F)c2)n1. The predicted octanol–water partition coefficient (Wildman–Crippen LogP) is 2.69. The van der Waals surface area contributed by atoms with Crippen molar-refractivity contribution in [3.05, 3.63) is 63.3 Å². The van der Waals surface area contributed by atoms with Gasteiger partial charge in [-0.1, -0.05) is 18.2 Å². The molecule has 1 heterocycles. The lowest BCUT2D eigenvalue weighted by atomic mass is 10.1. The van der Waals surface area contributed by atoms with Gasteiger partial charge in [0.25, 0.3) is 5.56 Å². The minimum absolute atomic E-state index is 0.154. The van der Waals surface area contributed by atoms with E-state index < -0.39 is 11.7 Å². The Kier molecular flexibility index (Phi) is 3.42. The molecule has 3 nitrogen and oxygen atoms in total. The standard InChI is InChI=1S/C13H11F3N2O/c1-8-5-12(19)18-11(17-8)7-9-3-2-4-10(6-9)13(14,15)16/h2-6H,7H2,1H3,(H,17,18,19). The van der Waals surface area contributed by atoms with Crippen LogP contribution in [0.2, 0.25) is 0 Å². The van der Waals surface area contributed by atoms with E-state index in [0.29, 0.717) is 17.1 Å². The topological polar surface area (TPSA) is 45.8 Å². The van der Waals surface area contributed by atoms with Gasteiger partial charge in [-0.3, -0.25) is 4.79 Å². The Balaban J connectivity index is 2.31. The predicted molar refractivity (Wildman–Crippen MR) is 63.8 cm³/mol. The molecule has 0 radical (unpaired) electrons. The third-order valence-electron chi connectivity index (χ3n) is 2.54. The van der Waals surface area contributed by atoms with Crippen molar-refractivity contribution >= 4 is 0 Å². The van der Waals surface area contributed by atoms with Crippen LogP contribution in [0.15, 0.2) is 35.1 Å². The smallest absolute Gasteiger partial charge is 0.310 e. The van der Waals surface area contributed by atoms with Gasteiger partial charge in [-0.2, -0.15) is 13.2 Å². The number of halogens is 3. The second-order valence-corrected chi connectivity index (χ2v) is 4.21. The van der Waals surface area contributed by atoms with Crippen LogP contribution in [-0.4, -0.2) is 9.97 Å². The molecule has 0 atom stereocenters. The van der Waals surface area contributed by atoms with Gasteiger partial charge in [0.1, 0.15) is 5.82 Å². The largest absolute Gasteiger partial charge is 0.416 e. The number of nitrogens with zero attached hydrogens (tertiary/aromatic N) is 1. The molecule has 0 amide bonds. The number of aromatic nitrogens is 2. The zero-order valence-electron chi connectivity index (χ0n) is 10.1. The van der Waals surface area contributed by atoms with Crippen molar-refractivity contribution in [2.75, 3.05) is 0 Å². The average Bonchev–Trinajstić information content (AvgIpc) is 2.26. The third kappa shape index (κ3) is 3.43. The Hall–Kier alpha value is -2.11. The first-order chi connectivity index (χ1) is 8.84. The van der Waals surface area contributed by atoms with Crippen LogP contribution < -0.4 is 5.56 Å². The van der Waals surface area contributed by atoms with Crippen molar-refractivity contribution in [3.8, 4) is 0 Å². The van der Waals surface area contributed by atoms with E-state index in [1.165, 1.54) is 12.1 Å². The van der Waals surface area contributed by atoms with Crippen LogP contribution >= 0.6 is 0 Å². The summed E-state index contributed by atoms with van der Waals surface area (Å²) >= 11 is 0. The van der Waals surface area contributed by atoms with Crippen molar-refractivity contribution in [2.24, 2.45) is 0 Å². The van der Waals surface area contributed by atoms with Crippen LogP contribution in [-0.2, 0) is 12.6 Å². The third-order valence-corrected chi connectivity index (χ3v) is 2.54. The van der Waals surface area contributed by atoms with Crippen LogP contribution in [0.1, 0.15) is 22.6 Å². The molecule has 0 spiro atoms. The highest BCUT2D eigenvalue weighted by Gasteiger charge is 2.30. The molecule has 2 aromatic rings. The number of hydrogen-bond donors (Lipinski definition) is 1. The monoisotopic (exact) mass is 268 g/mol. The molecule has 19 heavy (non-hydrogen) atoms. The second-order valence-electron chi connectivity index (χ2n) is 4.21. The molecule has 0 saturated heterocycles. The number of rotatable bonds is 2. The minimum Gasteiger partial charge on any atom is -0.310 e. The first-order valence-corrected chi connectivity index (χ1v) is 5.57. The van der Waals surface area contributed by atoms with Crippen molar-refractivity contribution < 1.29 is 13.2 Å². The van der Waals surface area contributed by atoms with Gasteiger partial charge in [0.2, 0.25) is 0 Å². The van der Waals surface area contributed by atoms with Crippen LogP contribution in [0, 0.1) is 6.92 Å². The minimum atomic E-state index is -4.37. The van der Waals surface area contributed by atoms with E-state index in [9.17, 15) is 18.0 Å². The highest BCUT2D eigenvalue weighted by molar-refractivity contribution is 5.27. The van der Waals surface area contributed by atoms with Crippen LogP contribution in [0.3, 0.4) is 0 Å². The Labute approximate surface area is 107 Å². The number of nitrogens with one attached hydrogen (secondary N) is 1. The number of H-pyrrole nitrogens is 1. The summed E-state index contributed by atoms with van der Waals surface area (Å²) < 4.78 is 37.7. The van der Waals surface area contributed by atoms with Gasteiger partial charge in [0.05, 0.1) is 5.56 Å². The van der Waals surface area contributed by atoms with E-state index in [4.69, 9.17) is 0 Å². The molecule has 2 rings (SSSR count). The second kappa shape index (κ2) is 4.87. The highest BCUT2D eigenvalue weighted by atomic mass is 19.4. The van der Waals surface area contributed by atoms with Gasteiger partial charge in [0.15, 0.2) is 0 Å². The molecule has 100 valence electrons. The molecule has 1 aromatic carbocycles. The maximum absolute atomic E-state index is 12.6. The lowest BCUT2D eigenvalue weighted by Gasteiger charge is -2.08. The summed E-state index contributed by atoms with van der Waals surface area (Å²) in [7, 11) is 0. The molecule has 0 fully saturated rings. The molecule has 0 aliphatic carbocycles. The van der Waals surface area contributed by atoms with Crippen LogP contribution in [0.4, 0.5) is 13.2 Å². The molecule has 0 aliphatic rings. The molecule has 0 aliphatic heterocycles. The fraction of sp³-hybridized carbons (Fsp3) is 0.231. The highest BCUT2D eigenvalue weighted by Crippen LogP contribution is 2.29. The van der Waals surface area contributed by atoms with E-state index in [1.807, 2.05) is 0 Å². The Morgan fingerprint density at radius 1 is 1.26 bits per heavy atom. The molecule has 1 N–H and O–H groups in total. The number of aryl methyl sites for hydroxylation is 1. The van der Waals surface area contributed by atoms with E-state index in [2.05, 4.69) is 9.97 Å². The molecule has 0 unspecified atom stereocenters. The van der Waals surface area contributed by atoms with E-state index in [0.717, 1.165) is 12.1 Å². The zero-order valence-corrected chi connectivity index (χ0v) is 10.1. The summed E-state index contributed by atoms with van der Waals surface area (Å²) in [5.74, 6) is 0.351. The molecule has 1 aromatic heterocycles. The number of aromatic amines is 1. The van der Waals surface area contributed by atoms with Crippen LogP contribution in [0.5, 0.6) is 0 Å². The molecule has 6 heteroatoms. The van der Waals surface area contributed by atoms with Gasteiger partial charge in [-0.15, -0.1) is 0 Å². The van der Waals surface area contributed by atoms with Crippen molar-refractivity contribution in [3.63, 3.8) is 0 Å². The van der Waals surface area contributed by atoms with Gasteiger partial charge >= 0.3 is 6.18 Å². The quantitative estimate of drug-likeness (QED) is 0.910. The van der Waals surface area contributed by atoms with Gasteiger partial charge in [-0.25, -0.2) is 4.98 Å². The Morgan fingerprint density at radius 2 is 2.00 bits per heavy atom. The van der Waals surface area contributed by atoms with Gasteiger partial charge in [-0.05, 0) is 18.6 Å². The summed E-state index contributed by atoms with van der Waals surface area (Å²) in [6.45, 7) is 1.66. The normalized spacial score (nSPS) is 11.6. The van der Waals surface area contributed by atoms with Crippen molar-refractivity contribution in [1.82, 2.24) is 9.97 Å². The number of hydrogen-bond acceptors (Lipinski definition) is 2. The van der Waals surface area contributed by atoms with Crippen molar-refractivity contribution in [2.45, 2.75) is 19.5 Å². The number of alkyl halides is 3. The fourth-order valence-electron chi connectivity index (χ4n) is 1.78. The summed E-state index contributed by atoms with van der Waals surface area (Å²) in [6, 6.07) is 6.30. The zero-order chi connectivity index (χ0) is 14.0. The number of benzene rings is 1. The molecule has 0 bridgehead atoms. The van der Waals surface area contributed by atoms with E-state index >= 15 is 0 Å². The lowest BCUT2D eigenvalue weighted by molar-refractivity contribution is -0.137. The maximum Gasteiger partial charge on any atom is 0.416 e. The van der Waals surface area contributed by atoms with Gasteiger partial charge < -0.3 is 4.98 Å². The first-order valence-electron chi connectivity index (χ1n) is 5.57. The maximum atomic E-state index is 12.6. The van der Waals surface area contributed by atoms with E-state index in [1.54, 1.807) is 13.0 Å². The lowest BCUT2D eigenvalue weighted by Crippen LogP contribution is -2.12. The Bertz CT molecular complexity index is 647. The fourth-order valence-corrected chi connectivity index (χ4v) is 1.78. The van der Waals surface area contributed by atoms with E-state index in [-0.39, 0.29) is 12.0 Å². The molecular formula is C13H11F3N2O. The van der Waals surface area contributed by atoms with Gasteiger partial charge in [0, 0.05) is 18.2 Å². The summed E-state index contributed by atoms with van der Waals surface area (Å²) in [4.78, 5) is 17.8. The first kappa shape index (κ1) is 13.3. The summed E-state index contributed by atoms with van der Waals surface area (Å²) in [6.07, 6.45) is -4.22. The summed E-state index contributed by atoms with van der Waals surface area (Å²) in [5.41, 5.74) is -0.0382.